The summed E-state index contributed by atoms with van der Waals surface area (Å²) in [7, 11) is 4.24. The maximum absolute atomic E-state index is 14.9. The first kappa shape index (κ1) is 26.2. The molecule has 1 aliphatic rings. The molecule has 7 nitrogen and oxygen atoms in total. The van der Waals surface area contributed by atoms with Crippen molar-refractivity contribution in [3.05, 3.63) is 65.1 Å². The van der Waals surface area contributed by atoms with E-state index < -0.39 is 17.3 Å². The molecule has 1 unspecified atom stereocenters. The number of piperidine rings is 1. The van der Waals surface area contributed by atoms with E-state index in [-0.39, 0.29) is 5.56 Å². The molecule has 4 rings (SSSR count). The molecule has 0 radical (unpaired) electrons. The number of carbonyl (C=O) groups is 1. The van der Waals surface area contributed by atoms with E-state index in [9.17, 15) is 14.3 Å². The van der Waals surface area contributed by atoms with Crippen molar-refractivity contribution >= 4 is 28.1 Å². The summed E-state index contributed by atoms with van der Waals surface area (Å²) in [4.78, 5) is 22.2. The molecule has 0 spiro atoms. The molecule has 1 amide bonds. The van der Waals surface area contributed by atoms with Gasteiger partial charge >= 0.3 is 0 Å². The summed E-state index contributed by atoms with van der Waals surface area (Å²) in [5.74, 6) is -0.480. The van der Waals surface area contributed by atoms with Crippen LogP contribution in [0.2, 0.25) is 0 Å². The molecule has 9 heteroatoms. The highest BCUT2D eigenvalue weighted by Crippen LogP contribution is 2.38. The van der Waals surface area contributed by atoms with Crippen LogP contribution in [0.5, 0.6) is 0 Å². The molecule has 3 heterocycles. The van der Waals surface area contributed by atoms with Gasteiger partial charge in [-0.25, -0.2) is 9.37 Å². The Morgan fingerprint density at radius 1 is 1.31 bits per heavy atom. The summed E-state index contributed by atoms with van der Waals surface area (Å²) in [5, 5.41) is 13.9. The normalized spacial score (nSPS) is 16.9. The molecule has 192 valence electrons. The highest BCUT2D eigenvalue weighted by Gasteiger charge is 2.23. The Balaban J connectivity index is 1.55. The zero-order valence-electron chi connectivity index (χ0n) is 21.2. The number of pyridine rings is 1. The Morgan fingerprint density at radius 2 is 2.08 bits per heavy atom. The van der Waals surface area contributed by atoms with Crippen molar-refractivity contribution in [3.63, 3.8) is 0 Å². The number of primary amides is 1. The third-order valence-electron chi connectivity index (χ3n) is 6.58. The molecule has 1 aromatic carbocycles. The molecular weight excluding hydrogens is 477 g/mol. The molecule has 0 aliphatic carbocycles. The van der Waals surface area contributed by atoms with E-state index in [2.05, 4.69) is 29.2 Å². The summed E-state index contributed by atoms with van der Waals surface area (Å²) >= 11 is 1.24. The molecule has 36 heavy (non-hydrogen) atoms. The van der Waals surface area contributed by atoms with Crippen molar-refractivity contribution in [1.82, 2.24) is 14.8 Å². The van der Waals surface area contributed by atoms with Crippen molar-refractivity contribution in [2.24, 2.45) is 5.73 Å². The first-order chi connectivity index (χ1) is 17.0. The van der Waals surface area contributed by atoms with Gasteiger partial charge in [0.1, 0.15) is 16.6 Å². The maximum Gasteiger partial charge on any atom is 0.251 e. The minimum atomic E-state index is -1.15. The summed E-state index contributed by atoms with van der Waals surface area (Å²) < 4.78 is 14.9. The van der Waals surface area contributed by atoms with Crippen molar-refractivity contribution in [2.75, 3.05) is 32.5 Å². The smallest absolute Gasteiger partial charge is 0.251 e. The fourth-order valence-electron chi connectivity index (χ4n) is 4.47. The van der Waals surface area contributed by atoms with Crippen LogP contribution in [-0.4, -0.2) is 59.0 Å². The van der Waals surface area contributed by atoms with Gasteiger partial charge in [0.25, 0.3) is 5.91 Å². The van der Waals surface area contributed by atoms with E-state index in [1.54, 1.807) is 32.0 Å². The van der Waals surface area contributed by atoms with E-state index in [1.165, 1.54) is 23.8 Å². The van der Waals surface area contributed by atoms with Gasteiger partial charge in [-0.2, -0.15) is 0 Å². The molecule has 1 saturated heterocycles. The summed E-state index contributed by atoms with van der Waals surface area (Å²) in [6.07, 6.45) is 2.37. The average Bonchev–Trinajstić information content (AvgIpc) is 3.22. The first-order valence-corrected chi connectivity index (χ1v) is 12.9. The van der Waals surface area contributed by atoms with E-state index in [4.69, 9.17) is 10.7 Å². The lowest BCUT2D eigenvalue weighted by molar-refractivity contribution is 0.0782. The maximum atomic E-state index is 14.9. The number of benzene rings is 1. The third kappa shape index (κ3) is 6.10. The number of thiophene rings is 1. The van der Waals surface area contributed by atoms with Gasteiger partial charge in [0, 0.05) is 29.6 Å². The van der Waals surface area contributed by atoms with Gasteiger partial charge in [0.15, 0.2) is 0 Å². The van der Waals surface area contributed by atoms with E-state index in [0.717, 1.165) is 31.7 Å². The highest BCUT2D eigenvalue weighted by molar-refractivity contribution is 7.19. The fourth-order valence-corrected chi connectivity index (χ4v) is 5.57. The van der Waals surface area contributed by atoms with Crippen molar-refractivity contribution < 1.29 is 14.3 Å². The molecule has 1 fully saturated rings. The molecular formula is C27H34FN5O2S. The number of hydrogen-bond acceptors (Lipinski definition) is 7. The van der Waals surface area contributed by atoms with Crippen molar-refractivity contribution in [3.8, 4) is 10.4 Å². The number of amides is 1. The molecule has 2 aromatic heterocycles. The monoisotopic (exact) mass is 511 g/mol. The van der Waals surface area contributed by atoms with E-state index in [1.807, 2.05) is 18.2 Å². The minimum Gasteiger partial charge on any atom is -0.386 e. The van der Waals surface area contributed by atoms with Crippen LogP contribution in [0.25, 0.3) is 10.4 Å². The van der Waals surface area contributed by atoms with Gasteiger partial charge in [-0.3, -0.25) is 9.69 Å². The zero-order valence-corrected chi connectivity index (χ0v) is 22.0. The second-order valence-corrected chi connectivity index (χ2v) is 11.2. The number of carbonyl (C=O) groups excluding carboxylic acids is 1. The van der Waals surface area contributed by atoms with Crippen LogP contribution in [-0.2, 0) is 12.1 Å². The quantitative estimate of drug-likeness (QED) is 0.411. The largest absolute Gasteiger partial charge is 0.386 e. The van der Waals surface area contributed by atoms with Crippen LogP contribution in [0.15, 0.2) is 42.5 Å². The third-order valence-corrected chi connectivity index (χ3v) is 7.67. The summed E-state index contributed by atoms with van der Waals surface area (Å²) in [5.41, 5.74) is 6.51. The van der Waals surface area contributed by atoms with Gasteiger partial charge in [-0.1, -0.05) is 18.2 Å². The lowest BCUT2D eigenvalue weighted by atomic mass is 9.96. The number of halogens is 1. The number of likely N-dealkylation sites (N-methyl/N-ethyl adjacent to an activating group) is 1. The Kier molecular flexibility index (Phi) is 7.75. The van der Waals surface area contributed by atoms with E-state index in [0.29, 0.717) is 32.9 Å². The second-order valence-electron chi connectivity index (χ2n) is 10.1. The van der Waals surface area contributed by atoms with Crippen LogP contribution < -0.4 is 11.1 Å². The fraction of sp³-hybridized carbons (Fsp3) is 0.407. The summed E-state index contributed by atoms with van der Waals surface area (Å²) in [6, 6.07) is 12.5. The number of nitrogens with two attached hydrogens (primary N) is 1. The number of hydrogen-bond donors (Lipinski definition) is 3. The number of aromatic nitrogens is 1. The average molecular weight is 512 g/mol. The van der Waals surface area contributed by atoms with Gasteiger partial charge in [0.2, 0.25) is 0 Å². The number of nitrogens with one attached hydrogen (secondary N) is 1. The first-order valence-electron chi connectivity index (χ1n) is 12.1. The molecule has 0 bridgehead atoms. The topological polar surface area (TPSA) is 94.7 Å². The lowest BCUT2D eigenvalue weighted by Crippen LogP contribution is -2.44. The van der Waals surface area contributed by atoms with Crippen LogP contribution in [0.1, 0.15) is 48.3 Å². The second kappa shape index (κ2) is 10.6. The highest BCUT2D eigenvalue weighted by atomic mass is 32.1. The summed E-state index contributed by atoms with van der Waals surface area (Å²) in [6.45, 7) is 6.00. The number of nitrogens with zero attached hydrogens (tertiary/aromatic N) is 3. The minimum absolute atomic E-state index is 0.276. The van der Waals surface area contributed by atoms with Crippen LogP contribution in [0, 0.1) is 5.82 Å². The molecule has 1 atom stereocenters. The standard InChI is InChI=1S/C27H34FN5O2S/c1-27(2,35)17-10-11-20(22(28)13-17)23-14-21(25(29)34)26(36-23)31-24-9-5-7-18(30-24)15-33-12-6-8-19(16-33)32(3)4/h5,7,9-11,13-14,19,35H,6,8,12,15-16H2,1-4H3,(H2,29,34)(H,30,31). The molecule has 3 aromatic rings. The van der Waals surface area contributed by atoms with Crippen LogP contribution >= 0.6 is 11.3 Å². The van der Waals surface area contributed by atoms with Gasteiger partial charge in [0.05, 0.1) is 16.9 Å². The van der Waals surface area contributed by atoms with Crippen molar-refractivity contribution in [2.45, 2.75) is 44.9 Å². The Labute approximate surface area is 215 Å². The van der Waals surface area contributed by atoms with Gasteiger partial charge in [-0.05, 0) is 77.2 Å². The molecule has 0 saturated carbocycles. The molecule has 4 N–H and O–H groups in total. The van der Waals surface area contributed by atoms with Gasteiger partial charge in [-0.15, -0.1) is 11.3 Å². The van der Waals surface area contributed by atoms with Crippen molar-refractivity contribution in [1.29, 1.82) is 0 Å². The Bertz CT molecular complexity index is 1240. The number of rotatable bonds is 8. The van der Waals surface area contributed by atoms with Gasteiger partial charge < -0.3 is 21.1 Å². The zero-order chi connectivity index (χ0) is 26.0. The Morgan fingerprint density at radius 3 is 2.75 bits per heavy atom. The molecule has 1 aliphatic heterocycles. The van der Waals surface area contributed by atoms with Crippen LogP contribution in [0.4, 0.5) is 15.2 Å². The van der Waals surface area contributed by atoms with E-state index >= 15 is 0 Å². The number of aliphatic hydroxyl groups is 1. The predicted octanol–water partition coefficient (Wildman–Crippen LogP) is 4.55. The lowest BCUT2D eigenvalue weighted by Gasteiger charge is -2.35. The van der Waals surface area contributed by atoms with Crippen LogP contribution in [0.3, 0.4) is 0 Å². The number of likely N-dealkylation sites (tertiary alicyclic amines) is 1. The SMILES string of the molecule is CN(C)C1CCCN(Cc2cccc(Nc3sc(-c4ccc(C(C)(C)O)cc4F)cc3C(N)=O)n2)C1. The number of anilines is 2. The Hall–Kier alpha value is -2.85. The predicted molar refractivity (Wildman–Crippen MR) is 143 cm³/mol.